The van der Waals surface area contributed by atoms with E-state index in [4.69, 9.17) is 16.3 Å². The highest BCUT2D eigenvalue weighted by atomic mass is 35.5. The van der Waals surface area contributed by atoms with E-state index in [2.05, 4.69) is 0 Å². The largest absolute Gasteiger partial charge is 0.386 e. The molecule has 1 N–H and O–H groups in total. The van der Waals surface area contributed by atoms with E-state index in [-0.39, 0.29) is 0 Å². The summed E-state index contributed by atoms with van der Waals surface area (Å²) in [5.74, 6) is 0. The first-order chi connectivity index (χ1) is 7.16. The quantitative estimate of drug-likeness (QED) is 0.785. The zero-order chi connectivity index (χ0) is 11.3. The average molecular weight is 229 g/mol. The van der Waals surface area contributed by atoms with E-state index in [1.165, 1.54) is 0 Å². The number of hydrogen-bond donors (Lipinski definition) is 1. The first-order valence-electron chi connectivity index (χ1n) is 5.17. The fourth-order valence-corrected chi connectivity index (χ4v) is 1.61. The second kappa shape index (κ2) is 6.11. The van der Waals surface area contributed by atoms with Gasteiger partial charge in [-0.05, 0) is 18.9 Å². The summed E-state index contributed by atoms with van der Waals surface area (Å²) in [5, 5.41) is 10.5. The van der Waals surface area contributed by atoms with Gasteiger partial charge in [0.05, 0.1) is 6.61 Å². The van der Waals surface area contributed by atoms with Gasteiger partial charge in [0.2, 0.25) is 0 Å². The molecule has 0 heterocycles. The van der Waals surface area contributed by atoms with E-state index >= 15 is 0 Å². The molecule has 1 rings (SSSR count). The van der Waals surface area contributed by atoms with Crippen LogP contribution in [-0.2, 0) is 4.74 Å². The summed E-state index contributed by atoms with van der Waals surface area (Å²) in [7, 11) is 0. The Hall–Kier alpha value is -0.570. The highest BCUT2D eigenvalue weighted by Gasteiger charge is 2.12. The van der Waals surface area contributed by atoms with Gasteiger partial charge in [-0.2, -0.15) is 0 Å². The van der Waals surface area contributed by atoms with Gasteiger partial charge >= 0.3 is 0 Å². The van der Waals surface area contributed by atoms with Crippen LogP contribution in [0.15, 0.2) is 18.2 Å². The van der Waals surface area contributed by atoms with Gasteiger partial charge in [0.25, 0.3) is 0 Å². The Labute approximate surface area is 95.8 Å². The summed E-state index contributed by atoms with van der Waals surface area (Å²) in [6, 6.07) is 5.64. The smallest absolute Gasteiger partial charge is 0.104 e. The summed E-state index contributed by atoms with van der Waals surface area (Å²) >= 11 is 6.09. The number of rotatable bonds is 5. The van der Waals surface area contributed by atoms with E-state index in [1.807, 2.05) is 32.0 Å². The molecule has 0 radical (unpaired) electrons. The number of aryl methyl sites for hydroxylation is 1. The lowest BCUT2D eigenvalue weighted by Gasteiger charge is -2.14. The minimum Gasteiger partial charge on any atom is -0.386 e. The molecule has 3 heteroatoms. The average Bonchev–Trinajstić information content (AvgIpc) is 2.22. The van der Waals surface area contributed by atoms with Crippen molar-refractivity contribution in [3.05, 3.63) is 34.3 Å². The van der Waals surface area contributed by atoms with Crippen molar-refractivity contribution in [2.24, 2.45) is 0 Å². The van der Waals surface area contributed by atoms with Gasteiger partial charge < -0.3 is 9.84 Å². The first kappa shape index (κ1) is 12.5. The van der Waals surface area contributed by atoms with Crippen molar-refractivity contribution in [3.63, 3.8) is 0 Å². The Morgan fingerprint density at radius 2 is 2.20 bits per heavy atom. The van der Waals surface area contributed by atoms with Crippen molar-refractivity contribution in [3.8, 4) is 0 Å². The Kier molecular flexibility index (Phi) is 5.09. The van der Waals surface area contributed by atoms with Gasteiger partial charge in [0.1, 0.15) is 6.10 Å². The minimum atomic E-state index is -0.635. The number of ether oxygens (including phenoxy) is 1. The summed E-state index contributed by atoms with van der Waals surface area (Å²) in [6.07, 6.45) is 0.317. The van der Waals surface area contributed by atoms with Crippen molar-refractivity contribution < 1.29 is 9.84 Å². The summed E-state index contributed by atoms with van der Waals surface area (Å²) in [4.78, 5) is 0. The zero-order valence-corrected chi connectivity index (χ0v) is 9.92. The van der Waals surface area contributed by atoms with E-state index in [1.54, 1.807) is 0 Å². The number of hydrogen-bond acceptors (Lipinski definition) is 2. The van der Waals surface area contributed by atoms with Crippen LogP contribution in [0.5, 0.6) is 0 Å². The summed E-state index contributed by atoms with van der Waals surface area (Å²) in [5.41, 5.74) is 1.72. The van der Waals surface area contributed by atoms with Crippen molar-refractivity contribution >= 4 is 11.6 Å². The predicted molar refractivity (Wildman–Crippen MR) is 62.3 cm³/mol. The van der Waals surface area contributed by atoms with Crippen molar-refractivity contribution in [1.29, 1.82) is 0 Å². The topological polar surface area (TPSA) is 29.5 Å². The highest BCUT2D eigenvalue weighted by Crippen LogP contribution is 2.26. The molecule has 2 nitrogen and oxygen atoms in total. The molecule has 0 spiro atoms. The molecule has 0 bridgehead atoms. The molecular weight excluding hydrogens is 212 g/mol. The zero-order valence-electron chi connectivity index (χ0n) is 9.16. The molecule has 0 aromatic heterocycles. The Morgan fingerprint density at radius 3 is 2.87 bits per heavy atom. The van der Waals surface area contributed by atoms with Crippen LogP contribution < -0.4 is 0 Å². The lowest BCUT2D eigenvalue weighted by Crippen LogP contribution is -2.08. The lowest BCUT2D eigenvalue weighted by atomic mass is 10.1. The Balaban J connectivity index is 2.65. The van der Waals surface area contributed by atoms with Gasteiger partial charge in [0, 0.05) is 17.2 Å². The third-order valence-corrected chi connectivity index (χ3v) is 2.72. The molecule has 1 unspecified atom stereocenters. The van der Waals surface area contributed by atoms with Gasteiger partial charge in [-0.3, -0.25) is 0 Å². The molecule has 1 atom stereocenters. The molecule has 0 saturated carbocycles. The van der Waals surface area contributed by atoms with Crippen LogP contribution in [0.2, 0.25) is 5.02 Å². The second-order valence-electron chi connectivity index (χ2n) is 3.57. The van der Waals surface area contributed by atoms with Crippen LogP contribution >= 0.6 is 11.6 Å². The van der Waals surface area contributed by atoms with Crippen LogP contribution in [0.1, 0.15) is 30.6 Å². The SMILES string of the molecule is CCCOCC(O)c1cccc(C)c1Cl. The van der Waals surface area contributed by atoms with Gasteiger partial charge in [-0.25, -0.2) is 0 Å². The van der Waals surface area contributed by atoms with Crippen LogP contribution in [0, 0.1) is 6.92 Å². The van der Waals surface area contributed by atoms with E-state index < -0.39 is 6.10 Å². The molecule has 0 fully saturated rings. The predicted octanol–water partition coefficient (Wildman–Crippen LogP) is 3.11. The number of aliphatic hydroxyl groups is 1. The molecule has 84 valence electrons. The molecule has 1 aromatic rings. The summed E-state index contributed by atoms with van der Waals surface area (Å²) in [6.45, 7) is 4.93. The normalized spacial score (nSPS) is 12.8. The van der Waals surface area contributed by atoms with Crippen LogP contribution in [0.3, 0.4) is 0 Å². The minimum absolute atomic E-state index is 0.303. The van der Waals surface area contributed by atoms with Gasteiger partial charge in [-0.1, -0.05) is 36.7 Å². The summed E-state index contributed by atoms with van der Waals surface area (Å²) < 4.78 is 5.29. The first-order valence-corrected chi connectivity index (χ1v) is 5.55. The van der Waals surface area contributed by atoms with E-state index in [9.17, 15) is 5.11 Å². The molecule has 0 aliphatic heterocycles. The second-order valence-corrected chi connectivity index (χ2v) is 3.95. The molecule has 15 heavy (non-hydrogen) atoms. The Morgan fingerprint density at radius 1 is 1.47 bits per heavy atom. The molecule has 0 amide bonds. The lowest BCUT2D eigenvalue weighted by molar-refractivity contribution is 0.0364. The van der Waals surface area contributed by atoms with Crippen LogP contribution in [0.25, 0.3) is 0 Å². The standard InChI is InChI=1S/C12H17ClO2/c1-3-7-15-8-11(14)10-6-4-5-9(2)12(10)13/h4-6,11,14H,3,7-8H2,1-2H3. The van der Waals surface area contributed by atoms with Crippen LogP contribution in [-0.4, -0.2) is 18.3 Å². The Bertz CT molecular complexity index is 312. The van der Waals surface area contributed by atoms with Crippen molar-refractivity contribution in [2.75, 3.05) is 13.2 Å². The molecular formula is C12H17ClO2. The fourth-order valence-electron chi connectivity index (χ4n) is 1.36. The van der Waals surface area contributed by atoms with E-state index in [0.29, 0.717) is 18.2 Å². The molecule has 0 saturated heterocycles. The molecule has 0 aliphatic rings. The number of halogens is 1. The maximum Gasteiger partial charge on any atom is 0.104 e. The van der Waals surface area contributed by atoms with Crippen molar-refractivity contribution in [1.82, 2.24) is 0 Å². The highest BCUT2D eigenvalue weighted by molar-refractivity contribution is 6.32. The molecule has 1 aromatic carbocycles. The number of benzene rings is 1. The maximum absolute atomic E-state index is 9.84. The van der Waals surface area contributed by atoms with Crippen LogP contribution in [0.4, 0.5) is 0 Å². The molecule has 0 aliphatic carbocycles. The monoisotopic (exact) mass is 228 g/mol. The van der Waals surface area contributed by atoms with Gasteiger partial charge in [-0.15, -0.1) is 0 Å². The van der Waals surface area contributed by atoms with Gasteiger partial charge in [0.15, 0.2) is 0 Å². The third-order valence-electron chi connectivity index (χ3n) is 2.20. The number of aliphatic hydroxyl groups excluding tert-OH is 1. The third kappa shape index (κ3) is 3.49. The van der Waals surface area contributed by atoms with Crippen molar-refractivity contribution in [2.45, 2.75) is 26.4 Å². The van der Waals surface area contributed by atoms with E-state index in [0.717, 1.165) is 17.5 Å². The maximum atomic E-state index is 9.84. The fraction of sp³-hybridized carbons (Fsp3) is 0.500.